The van der Waals surface area contributed by atoms with Gasteiger partial charge in [-0.1, -0.05) is 7.43 Å². The molecule has 4 heteroatoms. The van der Waals surface area contributed by atoms with E-state index in [-0.39, 0.29) is 64.6 Å². The molecular formula is CH20Ge2Si2. The Hall–Kier alpha value is 1.52. The molecular weight excluding hydrogens is 213 g/mol. The average Bonchev–Trinajstić information content (AvgIpc) is 0. The zero-order valence-electron chi connectivity index (χ0n) is 0. The molecule has 0 N–H and O–H groups in total. The molecule has 0 saturated heterocycles. The molecule has 0 saturated carbocycles. The summed E-state index contributed by atoms with van der Waals surface area (Å²) in [5, 5.41) is 0. The van der Waals surface area contributed by atoms with Crippen molar-refractivity contribution in [2.24, 2.45) is 0 Å². The number of rotatable bonds is 0. The third-order valence-corrected chi connectivity index (χ3v) is 0. The van der Waals surface area contributed by atoms with Crippen LogP contribution in [0.15, 0.2) is 0 Å². The summed E-state index contributed by atoms with van der Waals surface area (Å²) in [7, 11) is 0. The van der Waals surface area contributed by atoms with Crippen LogP contribution in [0, 0.1) is 0 Å². The van der Waals surface area contributed by atoms with Crippen LogP contribution < -0.4 is 0 Å². The largest absolute Gasteiger partial charge is 0.0149 e. The van der Waals surface area contributed by atoms with Gasteiger partial charge in [0.2, 0.25) is 0 Å². The average molecular weight is 234 g/mol. The second kappa shape index (κ2) is 48.8. The van der Waals surface area contributed by atoms with Crippen LogP contribution >= 0.6 is 0 Å². The van der Waals surface area contributed by atoms with Crippen molar-refractivity contribution in [3.8, 4) is 0 Å². The monoisotopic (exact) mass is 236 g/mol. The fourth-order valence-electron chi connectivity index (χ4n) is 0. The molecule has 40 valence electrons. The number of hydrogen-bond acceptors (Lipinski definition) is 0. The van der Waals surface area contributed by atoms with Gasteiger partial charge >= 0.3 is 35.2 Å². The van der Waals surface area contributed by atoms with E-state index in [4.69, 9.17) is 0 Å². The number of hydrogen-bond donors (Lipinski definition) is 0. The first kappa shape index (κ1) is 86.0. The van der Waals surface area contributed by atoms with Gasteiger partial charge in [0.1, 0.15) is 0 Å². The summed E-state index contributed by atoms with van der Waals surface area (Å²) in [5.74, 6) is 0. The van der Waals surface area contributed by atoms with Gasteiger partial charge in [0.25, 0.3) is 0 Å². The Kier molecular flexibility index (Phi) is 840. The quantitative estimate of drug-likeness (QED) is 0.367. The maximum Gasteiger partial charge on any atom is -0.0149 e. The van der Waals surface area contributed by atoms with E-state index in [2.05, 4.69) is 0 Å². The molecule has 0 unspecified atom stereocenters. The molecule has 0 bridgehead atoms. The predicted octanol–water partition coefficient (Wildman–Crippen LogP) is -5.17. The van der Waals surface area contributed by atoms with Crippen molar-refractivity contribution in [2.45, 2.75) is 7.43 Å². The molecule has 0 fully saturated rings. The first-order valence-corrected chi connectivity index (χ1v) is 0. The molecule has 0 amide bonds. The van der Waals surface area contributed by atoms with Crippen LogP contribution in [-0.2, 0) is 0 Å². The van der Waals surface area contributed by atoms with Crippen molar-refractivity contribution in [3.05, 3.63) is 0 Å². The Morgan fingerprint density at radius 3 is 0.600 bits per heavy atom. The van der Waals surface area contributed by atoms with Crippen molar-refractivity contribution in [1.82, 2.24) is 0 Å². The molecule has 0 aliphatic rings. The van der Waals surface area contributed by atoms with Crippen molar-refractivity contribution < 1.29 is 0 Å². The van der Waals surface area contributed by atoms with Gasteiger partial charge in [0.05, 0.1) is 0 Å². The van der Waals surface area contributed by atoms with Gasteiger partial charge in [-0.2, -0.15) is 0 Å². The summed E-state index contributed by atoms with van der Waals surface area (Å²) in [4.78, 5) is 0. The molecule has 0 radical (unpaired) electrons. The van der Waals surface area contributed by atoms with Crippen LogP contribution in [0.5, 0.6) is 0 Å². The summed E-state index contributed by atoms with van der Waals surface area (Å²) in [6.07, 6.45) is 0. The maximum atomic E-state index is 0. The first-order valence-electron chi connectivity index (χ1n) is 0. The van der Waals surface area contributed by atoms with Crippen molar-refractivity contribution >= 4 is 57.1 Å². The second-order valence-corrected chi connectivity index (χ2v) is 0. The fourth-order valence-corrected chi connectivity index (χ4v) is 0. The maximum absolute atomic E-state index is 0. The predicted molar refractivity (Wildman–Crippen MR) is 52.1 cm³/mol. The van der Waals surface area contributed by atoms with Gasteiger partial charge in [-0.05, 0) is 21.9 Å². The Morgan fingerprint density at radius 1 is 0.600 bits per heavy atom. The summed E-state index contributed by atoms with van der Waals surface area (Å²) in [6, 6.07) is 0. The van der Waals surface area contributed by atoms with Crippen LogP contribution in [-0.4, -0.2) is 57.1 Å². The van der Waals surface area contributed by atoms with Crippen LogP contribution in [0.3, 0.4) is 0 Å². The standard InChI is InChI=1S/CH4.2GeH4.2H4Si/h5*1H4. The van der Waals surface area contributed by atoms with E-state index in [1.807, 2.05) is 0 Å². The molecule has 0 rings (SSSR count). The molecule has 0 atom stereocenters. The SMILES string of the molecule is C.[GeH4].[GeH4].[SiH4].[SiH4]. The Morgan fingerprint density at radius 2 is 0.600 bits per heavy atom. The first-order chi connectivity index (χ1) is 0. The van der Waals surface area contributed by atoms with Crippen molar-refractivity contribution in [2.75, 3.05) is 0 Å². The van der Waals surface area contributed by atoms with Gasteiger partial charge in [0, 0.05) is 0 Å². The van der Waals surface area contributed by atoms with E-state index in [9.17, 15) is 0 Å². The topological polar surface area (TPSA) is 0 Å². The Labute approximate surface area is 64.5 Å². The third-order valence-electron chi connectivity index (χ3n) is 0. The third kappa shape index (κ3) is 29.6. The zero-order valence-corrected chi connectivity index (χ0v) is 0. The summed E-state index contributed by atoms with van der Waals surface area (Å²) < 4.78 is 0. The van der Waals surface area contributed by atoms with Gasteiger partial charge in [-0.3, -0.25) is 0 Å². The smallest absolute Gasteiger partial charge is 0.0149 e. The minimum absolute atomic E-state index is 0. The van der Waals surface area contributed by atoms with E-state index >= 15 is 0 Å². The van der Waals surface area contributed by atoms with Gasteiger partial charge in [-0.15, -0.1) is 0 Å². The van der Waals surface area contributed by atoms with E-state index in [0.29, 0.717) is 0 Å². The van der Waals surface area contributed by atoms with Crippen molar-refractivity contribution in [3.63, 3.8) is 0 Å². The van der Waals surface area contributed by atoms with Crippen LogP contribution in [0.25, 0.3) is 0 Å². The second-order valence-electron chi connectivity index (χ2n) is 0. The minimum Gasteiger partial charge on any atom is -0.0149 e. The van der Waals surface area contributed by atoms with E-state index in [0.717, 1.165) is 0 Å². The van der Waals surface area contributed by atoms with Crippen LogP contribution in [0.4, 0.5) is 0 Å². The molecule has 0 spiro atoms. The van der Waals surface area contributed by atoms with Crippen molar-refractivity contribution in [1.29, 1.82) is 0 Å². The minimum atomic E-state index is 0. The molecule has 0 nitrogen and oxygen atoms in total. The summed E-state index contributed by atoms with van der Waals surface area (Å²) in [5.41, 5.74) is 0. The fraction of sp³-hybridized carbons (Fsp3) is 1.00. The van der Waals surface area contributed by atoms with Gasteiger partial charge in [0.15, 0.2) is 0 Å². The molecule has 0 aromatic heterocycles. The molecule has 0 aromatic carbocycles. The van der Waals surface area contributed by atoms with E-state index in [1.165, 1.54) is 0 Å². The Bertz CT molecular complexity index is 7.61. The van der Waals surface area contributed by atoms with Gasteiger partial charge in [-0.25, -0.2) is 0 Å². The summed E-state index contributed by atoms with van der Waals surface area (Å²) in [6.45, 7) is 0. The molecule has 5 heavy (non-hydrogen) atoms. The van der Waals surface area contributed by atoms with E-state index < -0.39 is 0 Å². The molecule has 0 aliphatic carbocycles. The Balaban J connectivity index is 0. The molecule has 0 heterocycles. The van der Waals surface area contributed by atoms with Gasteiger partial charge < -0.3 is 0 Å². The molecule has 0 aliphatic heterocycles. The van der Waals surface area contributed by atoms with Crippen LogP contribution in [0.2, 0.25) is 0 Å². The summed E-state index contributed by atoms with van der Waals surface area (Å²) >= 11 is 0. The van der Waals surface area contributed by atoms with Crippen LogP contribution in [0.1, 0.15) is 7.43 Å². The van der Waals surface area contributed by atoms with E-state index in [1.54, 1.807) is 0 Å². The normalized spacial score (nSPS) is 0. The zero-order chi connectivity index (χ0) is 0. The molecule has 0 aromatic rings.